The second-order valence-electron chi connectivity index (χ2n) is 6.76. The molecule has 1 amide bonds. The maximum Gasteiger partial charge on any atom is 0.416 e. The van der Waals surface area contributed by atoms with E-state index in [1.54, 1.807) is 38.1 Å². The SMILES string of the molecule is CC(C)OC(Cc1ccccc1COC(=O)Nc1ccc(C(F)(F)F)cc1)C(=O)O. The van der Waals surface area contributed by atoms with Gasteiger partial charge in [-0.3, -0.25) is 5.32 Å². The molecule has 162 valence electrons. The van der Waals surface area contributed by atoms with Gasteiger partial charge in [-0.25, -0.2) is 9.59 Å². The number of carboxylic acid groups (broad SMARTS) is 1. The Bertz CT molecular complexity index is 866. The van der Waals surface area contributed by atoms with Gasteiger partial charge in [-0.05, 0) is 49.2 Å². The van der Waals surface area contributed by atoms with E-state index in [-0.39, 0.29) is 24.8 Å². The molecule has 0 fully saturated rings. The smallest absolute Gasteiger partial charge is 0.416 e. The van der Waals surface area contributed by atoms with Crippen molar-refractivity contribution in [1.29, 1.82) is 0 Å². The van der Waals surface area contributed by atoms with Gasteiger partial charge >= 0.3 is 18.2 Å². The molecular formula is C21H22F3NO5. The average molecular weight is 425 g/mol. The van der Waals surface area contributed by atoms with Gasteiger partial charge in [-0.1, -0.05) is 24.3 Å². The van der Waals surface area contributed by atoms with Crippen LogP contribution >= 0.6 is 0 Å². The van der Waals surface area contributed by atoms with Crippen LogP contribution in [0.15, 0.2) is 48.5 Å². The van der Waals surface area contributed by atoms with E-state index < -0.39 is 29.9 Å². The predicted molar refractivity (Wildman–Crippen MR) is 103 cm³/mol. The normalized spacial score (nSPS) is 12.5. The molecule has 2 N–H and O–H groups in total. The van der Waals surface area contributed by atoms with E-state index in [1.165, 1.54) is 0 Å². The van der Waals surface area contributed by atoms with Gasteiger partial charge in [-0.15, -0.1) is 0 Å². The molecule has 30 heavy (non-hydrogen) atoms. The summed E-state index contributed by atoms with van der Waals surface area (Å²) in [6, 6.07) is 10.8. The molecule has 1 unspecified atom stereocenters. The van der Waals surface area contributed by atoms with Crippen LogP contribution in [-0.4, -0.2) is 29.4 Å². The second kappa shape index (κ2) is 10.1. The van der Waals surface area contributed by atoms with Crippen molar-refractivity contribution in [3.63, 3.8) is 0 Å². The van der Waals surface area contributed by atoms with E-state index in [1.807, 2.05) is 0 Å². The summed E-state index contributed by atoms with van der Waals surface area (Å²) in [5.41, 5.74) is 0.566. The first kappa shape index (κ1) is 23.2. The highest BCUT2D eigenvalue weighted by molar-refractivity contribution is 5.84. The lowest BCUT2D eigenvalue weighted by molar-refractivity contribution is -0.153. The summed E-state index contributed by atoms with van der Waals surface area (Å²) < 4.78 is 48.3. The minimum absolute atomic E-state index is 0.0908. The van der Waals surface area contributed by atoms with Crippen molar-refractivity contribution in [1.82, 2.24) is 0 Å². The number of rotatable bonds is 8. The third-order valence-corrected chi connectivity index (χ3v) is 4.05. The van der Waals surface area contributed by atoms with Crippen LogP contribution in [0, 0.1) is 0 Å². The van der Waals surface area contributed by atoms with Gasteiger partial charge in [0.15, 0.2) is 6.10 Å². The average Bonchev–Trinajstić information content (AvgIpc) is 2.66. The van der Waals surface area contributed by atoms with Crippen LogP contribution in [0.25, 0.3) is 0 Å². The molecule has 1 atom stereocenters. The number of anilines is 1. The number of alkyl halides is 3. The van der Waals surface area contributed by atoms with Crippen LogP contribution in [0.4, 0.5) is 23.7 Å². The number of carboxylic acids is 1. The molecule has 0 aliphatic heterocycles. The molecule has 0 saturated heterocycles. The Balaban J connectivity index is 1.98. The molecule has 2 rings (SSSR count). The Kier molecular flexibility index (Phi) is 7.82. The maximum absolute atomic E-state index is 12.6. The Hall–Kier alpha value is -3.07. The standard InChI is InChI=1S/C21H22F3NO5/c1-13(2)30-18(19(26)27)11-14-5-3-4-6-15(14)12-29-20(28)25-17-9-7-16(8-10-17)21(22,23)24/h3-10,13,18H,11-12H2,1-2H3,(H,25,28)(H,26,27). The van der Waals surface area contributed by atoms with Crippen LogP contribution in [0.3, 0.4) is 0 Å². The number of nitrogens with one attached hydrogen (secondary N) is 1. The summed E-state index contributed by atoms with van der Waals surface area (Å²) >= 11 is 0. The van der Waals surface area contributed by atoms with Crippen molar-refractivity contribution < 1.29 is 37.3 Å². The maximum atomic E-state index is 12.6. The summed E-state index contributed by atoms with van der Waals surface area (Å²) in [6.45, 7) is 3.32. The fourth-order valence-electron chi connectivity index (χ4n) is 2.66. The van der Waals surface area contributed by atoms with Gasteiger partial charge in [-0.2, -0.15) is 13.2 Å². The minimum atomic E-state index is -4.46. The number of hydrogen-bond acceptors (Lipinski definition) is 4. The van der Waals surface area contributed by atoms with Crippen molar-refractivity contribution in [2.45, 2.75) is 45.3 Å². The van der Waals surface area contributed by atoms with Crippen molar-refractivity contribution in [3.8, 4) is 0 Å². The molecule has 6 nitrogen and oxygen atoms in total. The zero-order chi connectivity index (χ0) is 22.3. The van der Waals surface area contributed by atoms with Gasteiger partial charge in [0.1, 0.15) is 6.61 Å². The lowest BCUT2D eigenvalue weighted by Gasteiger charge is -2.18. The van der Waals surface area contributed by atoms with Crippen molar-refractivity contribution in [2.75, 3.05) is 5.32 Å². The van der Waals surface area contributed by atoms with Crippen LogP contribution in [-0.2, 0) is 33.5 Å². The molecule has 0 aliphatic carbocycles. The van der Waals surface area contributed by atoms with E-state index in [0.717, 1.165) is 24.3 Å². The number of aliphatic carboxylic acids is 1. The van der Waals surface area contributed by atoms with Crippen LogP contribution in [0.2, 0.25) is 0 Å². The number of carbonyl (C=O) groups is 2. The number of hydrogen-bond donors (Lipinski definition) is 2. The van der Waals surface area contributed by atoms with E-state index in [2.05, 4.69) is 5.32 Å². The van der Waals surface area contributed by atoms with E-state index in [0.29, 0.717) is 11.1 Å². The fourth-order valence-corrected chi connectivity index (χ4v) is 2.66. The van der Waals surface area contributed by atoms with Crippen molar-refractivity contribution >= 4 is 17.7 Å². The summed E-state index contributed by atoms with van der Waals surface area (Å²) in [6.07, 6.45) is -6.54. The largest absolute Gasteiger partial charge is 0.479 e. The zero-order valence-corrected chi connectivity index (χ0v) is 16.4. The summed E-state index contributed by atoms with van der Waals surface area (Å²) in [5.74, 6) is -1.10. The Morgan fingerprint density at radius 3 is 2.17 bits per heavy atom. The van der Waals surface area contributed by atoms with Crippen LogP contribution in [0.1, 0.15) is 30.5 Å². The third kappa shape index (κ3) is 7.07. The van der Waals surface area contributed by atoms with E-state index in [4.69, 9.17) is 9.47 Å². The summed E-state index contributed by atoms with van der Waals surface area (Å²) in [5, 5.41) is 11.7. The number of benzene rings is 2. The molecule has 0 radical (unpaired) electrons. The highest BCUT2D eigenvalue weighted by Gasteiger charge is 2.30. The second-order valence-corrected chi connectivity index (χ2v) is 6.76. The molecule has 9 heteroatoms. The van der Waals surface area contributed by atoms with Gasteiger partial charge in [0, 0.05) is 12.1 Å². The van der Waals surface area contributed by atoms with Gasteiger partial charge in [0.2, 0.25) is 0 Å². The lowest BCUT2D eigenvalue weighted by Crippen LogP contribution is -2.29. The third-order valence-electron chi connectivity index (χ3n) is 4.05. The summed E-state index contributed by atoms with van der Waals surface area (Å²) in [4.78, 5) is 23.4. The summed E-state index contributed by atoms with van der Waals surface area (Å²) in [7, 11) is 0. The molecule has 2 aromatic rings. The number of halogens is 3. The predicted octanol–water partition coefficient (Wildman–Crippen LogP) is 4.87. The minimum Gasteiger partial charge on any atom is -0.479 e. The van der Waals surface area contributed by atoms with Crippen molar-refractivity contribution in [3.05, 3.63) is 65.2 Å². The number of carbonyl (C=O) groups excluding carboxylic acids is 1. The molecule has 0 heterocycles. The quantitative estimate of drug-likeness (QED) is 0.630. The lowest BCUT2D eigenvalue weighted by atomic mass is 10.0. The molecule has 0 aromatic heterocycles. The van der Waals surface area contributed by atoms with E-state index in [9.17, 15) is 27.9 Å². The monoisotopic (exact) mass is 425 g/mol. The van der Waals surface area contributed by atoms with Crippen molar-refractivity contribution in [2.24, 2.45) is 0 Å². The molecule has 0 aliphatic rings. The first-order valence-electron chi connectivity index (χ1n) is 9.12. The highest BCUT2D eigenvalue weighted by Crippen LogP contribution is 2.29. The Morgan fingerprint density at radius 2 is 1.63 bits per heavy atom. The topological polar surface area (TPSA) is 84.9 Å². The Labute approximate surface area is 171 Å². The highest BCUT2D eigenvalue weighted by atomic mass is 19.4. The van der Waals surface area contributed by atoms with Gasteiger partial charge in [0.05, 0.1) is 11.7 Å². The van der Waals surface area contributed by atoms with Gasteiger partial charge in [0.25, 0.3) is 0 Å². The van der Waals surface area contributed by atoms with Gasteiger partial charge < -0.3 is 14.6 Å². The number of ether oxygens (including phenoxy) is 2. The molecular weight excluding hydrogens is 403 g/mol. The van der Waals surface area contributed by atoms with Crippen LogP contribution in [0.5, 0.6) is 0 Å². The van der Waals surface area contributed by atoms with E-state index >= 15 is 0 Å². The van der Waals surface area contributed by atoms with Crippen LogP contribution < -0.4 is 5.32 Å². The fraction of sp³-hybridized carbons (Fsp3) is 0.333. The Morgan fingerprint density at radius 1 is 1.03 bits per heavy atom. The first-order valence-corrected chi connectivity index (χ1v) is 9.12. The molecule has 0 saturated carbocycles. The first-order chi connectivity index (χ1) is 14.1. The molecule has 0 spiro atoms. The zero-order valence-electron chi connectivity index (χ0n) is 16.4. The number of amides is 1. The molecule has 0 bridgehead atoms. The molecule has 2 aromatic carbocycles.